The quantitative estimate of drug-likeness (QED) is 0.641. The fraction of sp³-hybridized carbons (Fsp3) is 1.00. The summed E-state index contributed by atoms with van der Waals surface area (Å²) in [5.41, 5.74) is 0. The summed E-state index contributed by atoms with van der Waals surface area (Å²) in [5.74, 6) is 0. The second kappa shape index (κ2) is 3.47. The van der Waals surface area contributed by atoms with Crippen molar-refractivity contribution in [3.8, 4) is 0 Å². The highest BCUT2D eigenvalue weighted by molar-refractivity contribution is 4.95. The van der Waals surface area contributed by atoms with Crippen LogP contribution in [0, 0.1) is 0 Å². The molecule has 1 N–H and O–H groups in total. The lowest BCUT2D eigenvalue weighted by Gasteiger charge is -2.39. The molecule has 2 unspecified atom stereocenters. The van der Waals surface area contributed by atoms with E-state index in [4.69, 9.17) is 0 Å². The predicted molar refractivity (Wildman–Crippen MR) is 57.4 cm³/mol. The Kier molecular flexibility index (Phi) is 2.26. The van der Waals surface area contributed by atoms with Gasteiger partial charge < -0.3 is 5.32 Å². The molecular formula is C11H21N3. The molecule has 0 aliphatic carbocycles. The molecule has 0 spiro atoms. The number of nitrogens with zero attached hydrogens (tertiary/aromatic N) is 2. The summed E-state index contributed by atoms with van der Waals surface area (Å²) in [5, 5.41) is 3.38. The number of hydrogen-bond acceptors (Lipinski definition) is 3. The second-order valence-electron chi connectivity index (χ2n) is 5.15. The van der Waals surface area contributed by atoms with Gasteiger partial charge in [0, 0.05) is 44.3 Å². The van der Waals surface area contributed by atoms with Crippen molar-refractivity contribution in [2.45, 2.75) is 37.4 Å². The average Bonchev–Trinajstić information content (AvgIpc) is 2.29. The molecule has 0 aromatic heterocycles. The van der Waals surface area contributed by atoms with Gasteiger partial charge in [-0.2, -0.15) is 0 Å². The highest BCUT2D eigenvalue weighted by Gasteiger charge is 2.37. The Bertz CT molecular complexity index is 215. The fourth-order valence-electron chi connectivity index (χ4n) is 3.20. The zero-order valence-corrected chi connectivity index (χ0v) is 9.08. The van der Waals surface area contributed by atoms with Gasteiger partial charge in [0.15, 0.2) is 0 Å². The number of nitrogens with one attached hydrogen (secondary N) is 1. The van der Waals surface area contributed by atoms with Crippen molar-refractivity contribution in [3.63, 3.8) is 0 Å². The first-order valence-corrected chi connectivity index (χ1v) is 6.01. The Morgan fingerprint density at radius 1 is 1.00 bits per heavy atom. The van der Waals surface area contributed by atoms with Crippen molar-refractivity contribution in [2.24, 2.45) is 0 Å². The molecule has 3 heterocycles. The van der Waals surface area contributed by atoms with Crippen molar-refractivity contribution >= 4 is 0 Å². The third-order valence-corrected chi connectivity index (χ3v) is 4.46. The highest BCUT2D eigenvalue weighted by Crippen LogP contribution is 2.29. The number of hydrogen-bond donors (Lipinski definition) is 1. The monoisotopic (exact) mass is 195 g/mol. The van der Waals surface area contributed by atoms with Crippen LogP contribution < -0.4 is 5.32 Å². The smallest absolute Gasteiger partial charge is 0.0346 e. The van der Waals surface area contributed by atoms with Crippen molar-refractivity contribution < 1.29 is 0 Å². The first-order chi connectivity index (χ1) is 6.84. The maximum absolute atomic E-state index is 3.38. The van der Waals surface area contributed by atoms with E-state index in [1.165, 1.54) is 45.4 Å². The summed E-state index contributed by atoms with van der Waals surface area (Å²) in [6, 6.07) is 2.59. The molecule has 3 fully saturated rings. The molecule has 0 amide bonds. The number of fused-ring (bicyclic) bond motifs is 2. The molecule has 14 heavy (non-hydrogen) atoms. The Labute approximate surface area is 86.4 Å². The first-order valence-electron chi connectivity index (χ1n) is 6.01. The van der Waals surface area contributed by atoms with Gasteiger partial charge in [-0.25, -0.2) is 0 Å². The summed E-state index contributed by atoms with van der Waals surface area (Å²) in [7, 11) is 2.32. The van der Waals surface area contributed by atoms with Gasteiger partial charge >= 0.3 is 0 Å². The maximum Gasteiger partial charge on any atom is 0.0346 e. The minimum atomic E-state index is 0.850. The van der Waals surface area contributed by atoms with Crippen LogP contribution in [-0.4, -0.2) is 61.2 Å². The second-order valence-corrected chi connectivity index (χ2v) is 5.15. The average molecular weight is 195 g/mol. The molecule has 3 saturated heterocycles. The Hall–Kier alpha value is -0.120. The molecule has 3 aliphatic heterocycles. The van der Waals surface area contributed by atoms with Gasteiger partial charge in [0.25, 0.3) is 0 Å². The Morgan fingerprint density at radius 3 is 2.50 bits per heavy atom. The van der Waals surface area contributed by atoms with Gasteiger partial charge in [0.2, 0.25) is 0 Å². The van der Waals surface area contributed by atoms with Crippen molar-refractivity contribution in [1.82, 2.24) is 15.1 Å². The molecule has 2 atom stereocenters. The number of rotatable bonds is 1. The van der Waals surface area contributed by atoms with Crippen LogP contribution in [0.25, 0.3) is 0 Å². The molecular weight excluding hydrogens is 174 g/mol. The van der Waals surface area contributed by atoms with E-state index in [0.29, 0.717) is 0 Å². The lowest BCUT2D eigenvalue weighted by Crippen LogP contribution is -2.58. The third kappa shape index (κ3) is 1.38. The largest absolute Gasteiger partial charge is 0.314 e. The van der Waals surface area contributed by atoms with Gasteiger partial charge in [-0.1, -0.05) is 0 Å². The molecule has 0 radical (unpaired) electrons. The summed E-state index contributed by atoms with van der Waals surface area (Å²) >= 11 is 0. The topological polar surface area (TPSA) is 18.5 Å². The zero-order valence-electron chi connectivity index (χ0n) is 9.08. The van der Waals surface area contributed by atoms with Gasteiger partial charge in [-0.05, 0) is 26.3 Å². The Morgan fingerprint density at radius 2 is 1.79 bits per heavy atom. The molecule has 2 bridgehead atoms. The van der Waals surface area contributed by atoms with Crippen LogP contribution in [0.1, 0.15) is 19.3 Å². The van der Waals surface area contributed by atoms with E-state index in [2.05, 4.69) is 22.2 Å². The minimum Gasteiger partial charge on any atom is -0.314 e. The zero-order chi connectivity index (χ0) is 9.54. The number of likely N-dealkylation sites (N-methyl/N-ethyl adjacent to an activating group) is 1. The SMILES string of the molecule is CN1C2CCC1CN(C1CNC1)CC2. The van der Waals surface area contributed by atoms with Gasteiger partial charge in [0.05, 0.1) is 0 Å². The molecule has 0 saturated carbocycles. The van der Waals surface area contributed by atoms with Crippen LogP contribution >= 0.6 is 0 Å². The first kappa shape index (κ1) is 9.13. The molecule has 0 aromatic carbocycles. The van der Waals surface area contributed by atoms with E-state index < -0.39 is 0 Å². The van der Waals surface area contributed by atoms with E-state index in [1.54, 1.807) is 0 Å². The van der Waals surface area contributed by atoms with E-state index in [1.807, 2.05) is 0 Å². The van der Waals surface area contributed by atoms with E-state index in [-0.39, 0.29) is 0 Å². The van der Waals surface area contributed by atoms with Gasteiger partial charge in [-0.15, -0.1) is 0 Å². The minimum absolute atomic E-state index is 0.850. The predicted octanol–water partition coefficient (Wildman–Crippen LogP) is 0.127. The summed E-state index contributed by atoms with van der Waals surface area (Å²) in [6.07, 6.45) is 4.26. The molecule has 3 heteroatoms. The van der Waals surface area contributed by atoms with Crippen LogP contribution in [0.4, 0.5) is 0 Å². The van der Waals surface area contributed by atoms with Crippen LogP contribution in [0.15, 0.2) is 0 Å². The molecule has 80 valence electrons. The van der Waals surface area contributed by atoms with Gasteiger partial charge in [0.1, 0.15) is 0 Å². The van der Waals surface area contributed by atoms with Crippen LogP contribution in [0.2, 0.25) is 0 Å². The van der Waals surface area contributed by atoms with Crippen LogP contribution in [-0.2, 0) is 0 Å². The summed E-state index contributed by atoms with van der Waals surface area (Å²) < 4.78 is 0. The van der Waals surface area contributed by atoms with Crippen LogP contribution in [0.3, 0.4) is 0 Å². The maximum atomic E-state index is 3.38. The van der Waals surface area contributed by atoms with Crippen molar-refractivity contribution in [3.05, 3.63) is 0 Å². The molecule has 3 nitrogen and oxygen atoms in total. The lowest BCUT2D eigenvalue weighted by atomic mass is 10.0. The van der Waals surface area contributed by atoms with Gasteiger partial charge in [-0.3, -0.25) is 9.80 Å². The van der Waals surface area contributed by atoms with E-state index in [0.717, 1.165) is 18.1 Å². The molecule has 3 rings (SSSR count). The third-order valence-electron chi connectivity index (χ3n) is 4.46. The molecule has 3 aliphatic rings. The normalized spacial score (nSPS) is 40.9. The van der Waals surface area contributed by atoms with Crippen molar-refractivity contribution in [1.29, 1.82) is 0 Å². The highest BCUT2D eigenvalue weighted by atomic mass is 15.3. The standard InChI is InChI=1S/C11H21N3/c1-13-9-2-3-10(13)8-14(5-4-9)11-6-12-7-11/h9-12H,2-8H2,1H3. The summed E-state index contributed by atoms with van der Waals surface area (Å²) in [6.45, 7) is 5.10. The van der Waals surface area contributed by atoms with Crippen molar-refractivity contribution in [2.75, 3.05) is 33.2 Å². The summed E-state index contributed by atoms with van der Waals surface area (Å²) in [4.78, 5) is 5.35. The van der Waals surface area contributed by atoms with Crippen LogP contribution in [0.5, 0.6) is 0 Å². The Balaban J connectivity index is 1.67. The fourth-order valence-corrected chi connectivity index (χ4v) is 3.20. The van der Waals surface area contributed by atoms with E-state index in [9.17, 15) is 0 Å². The molecule has 0 aromatic rings. The van der Waals surface area contributed by atoms with E-state index >= 15 is 0 Å². The lowest BCUT2D eigenvalue weighted by molar-refractivity contribution is 0.131. The number of likely N-dealkylation sites (tertiary alicyclic amines) is 1.